The standard InChI is InChI=1S/C20H33N3O/c1-16-7-5-8-18(13-16)17(2)14-22-19(21-3)23-15-20(9-6-10-20)11-12-24-4/h5,7-8,13,17H,6,9-12,14-15H2,1-4H3,(H2,21,22,23). The van der Waals surface area contributed by atoms with Gasteiger partial charge in [-0.05, 0) is 43.1 Å². The summed E-state index contributed by atoms with van der Waals surface area (Å²) in [7, 11) is 3.63. The van der Waals surface area contributed by atoms with Gasteiger partial charge < -0.3 is 15.4 Å². The molecule has 0 radical (unpaired) electrons. The third kappa shape index (κ3) is 5.23. The molecule has 134 valence electrons. The van der Waals surface area contributed by atoms with Crippen molar-refractivity contribution in [3.63, 3.8) is 0 Å². The Bertz CT molecular complexity index is 537. The molecule has 1 atom stereocenters. The summed E-state index contributed by atoms with van der Waals surface area (Å²) < 4.78 is 5.27. The average Bonchev–Trinajstić information content (AvgIpc) is 2.55. The number of nitrogens with zero attached hydrogens (tertiary/aromatic N) is 1. The first-order valence-electron chi connectivity index (χ1n) is 9.08. The van der Waals surface area contributed by atoms with Gasteiger partial charge in [-0.15, -0.1) is 0 Å². The van der Waals surface area contributed by atoms with Gasteiger partial charge in [0.1, 0.15) is 0 Å². The van der Waals surface area contributed by atoms with Crippen LogP contribution >= 0.6 is 0 Å². The van der Waals surface area contributed by atoms with Crippen LogP contribution in [0, 0.1) is 12.3 Å². The number of guanidine groups is 1. The van der Waals surface area contributed by atoms with Gasteiger partial charge in [0.15, 0.2) is 5.96 Å². The molecule has 2 N–H and O–H groups in total. The number of nitrogens with one attached hydrogen (secondary N) is 2. The van der Waals surface area contributed by atoms with Crippen molar-refractivity contribution < 1.29 is 4.74 Å². The molecule has 1 saturated carbocycles. The van der Waals surface area contributed by atoms with Gasteiger partial charge in [-0.2, -0.15) is 0 Å². The fraction of sp³-hybridized carbons (Fsp3) is 0.650. The molecular formula is C20H33N3O. The predicted octanol–water partition coefficient (Wildman–Crippen LogP) is 3.47. The van der Waals surface area contributed by atoms with Crippen LogP contribution in [0.25, 0.3) is 0 Å². The summed E-state index contributed by atoms with van der Waals surface area (Å²) in [5.74, 6) is 1.35. The van der Waals surface area contributed by atoms with Crippen molar-refractivity contribution in [2.24, 2.45) is 10.4 Å². The first-order chi connectivity index (χ1) is 11.6. The van der Waals surface area contributed by atoms with Gasteiger partial charge >= 0.3 is 0 Å². The molecule has 1 aliphatic carbocycles. The largest absolute Gasteiger partial charge is 0.385 e. The van der Waals surface area contributed by atoms with Crippen molar-refractivity contribution in [1.82, 2.24) is 10.6 Å². The van der Waals surface area contributed by atoms with Gasteiger partial charge in [0, 0.05) is 33.9 Å². The third-order valence-corrected chi connectivity index (χ3v) is 5.29. The molecule has 1 fully saturated rings. The van der Waals surface area contributed by atoms with Crippen LogP contribution in [0.4, 0.5) is 0 Å². The van der Waals surface area contributed by atoms with Crippen LogP contribution in [0.2, 0.25) is 0 Å². The lowest BCUT2D eigenvalue weighted by Crippen LogP contribution is -2.47. The minimum Gasteiger partial charge on any atom is -0.385 e. The smallest absolute Gasteiger partial charge is 0.191 e. The lowest BCUT2D eigenvalue weighted by Gasteiger charge is -2.42. The number of aliphatic imine (C=N–C) groups is 1. The normalized spacial score (nSPS) is 17.9. The molecule has 24 heavy (non-hydrogen) atoms. The second kappa shape index (κ2) is 9.07. The van der Waals surface area contributed by atoms with E-state index in [0.29, 0.717) is 11.3 Å². The van der Waals surface area contributed by atoms with Crippen LogP contribution in [0.5, 0.6) is 0 Å². The van der Waals surface area contributed by atoms with Crippen LogP contribution in [-0.4, -0.2) is 39.8 Å². The first kappa shape index (κ1) is 18.8. The first-order valence-corrected chi connectivity index (χ1v) is 9.08. The lowest BCUT2D eigenvalue weighted by atomic mass is 9.67. The zero-order chi connectivity index (χ0) is 17.4. The second-order valence-electron chi connectivity index (χ2n) is 7.22. The summed E-state index contributed by atoms with van der Waals surface area (Å²) >= 11 is 0. The predicted molar refractivity (Wildman–Crippen MR) is 102 cm³/mol. The van der Waals surface area contributed by atoms with Crippen LogP contribution in [0.3, 0.4) is 0 Å². The summed E-state index contributed by atoms with van der Waals surface area (Å²) in [6, 6.07) is 8.73. The van der Waals surface area contributed by atoms with E-state index in [-0.39, 0.29) is 0 Å². The van der Waals surface area contributed by atoms with E-state index >= 15 is 0 Å². The van der Waals surface area contributed by atoms with E-state index in [9.17, 15) is 0 Å². The highest BCUT2D eigenvalue weighted by Crippen LogP contribution is 2.43. The minimum absolute atomic E-state index is 0.399. The van der Waals surface area contributed by atoms with Crippen LogP contribution in [-0.2, 0) is 4.74 Å². The van der Waals surface area contributed by atoms with Gasteiger partial charge in [0.05, 0.1) is 0 Å². The maximum Gasteiger partial charge on any atom is 0.191 e. The zero-order valence-corrected chi connectivity index (χ0v) is 15.7. The fourth-order valence-corrected chi connectivity index (χ4v) is 3.35. The highest BCUT2D eigenvalue weighted by molar-refractivity contribution is 5.79. The van der Waals surface area contributed by atoms with E-state index in [2.05, 4.69) is 53.7 Å². The SMILES string of the molecule is CN=C(NCC(C)c1cccc(C)c1)NCC1(CCOC)CCC1. The van der Waals surface area contributed by atoms with E-state index in [1.807, 2.05) is 7.05 Å². The molecule has 0 bridgehead atoms. The van der Waals surface area contributed by atoms with Crippen molar-refractivity contribution in [3.8, 4) is 0 Å². The summed E-state index contributed by atoms with van der Waals surface area (Å²) in [6.07, 6.45) is 5.05. The van der Waals surface area contributed by atoms with Gasteiger partial charge in [-0.3, -0.25) is 4.99 Å². The quantitative estimate of drug-likeness (QED) is 0.566. The molecule has 0 amide bonds. The van der Waals surface area contributed by atoms with Crippen LogP contribution in [0.1, 0.15) is 49.7 Å². The Kier molecular flexibility index (Phi) is 7.10. The van der Waals surface area contributed by atoms with E-state index in [0.717, 1.165) is 32.1 Å². The Morgan fingerprint density at radius 2 is 2.12 bits per heavy atom. The highest BCUT2D eigenvalue weighted by Gasteiger charge is 2.36. The van der Waals surface area contributed by atoms with Crippen LogP contribution in [0.15, 0.2) is 29.3 Å². The highest BCUT2D eigenvalue weighted by atomic mass is 16.5. The Morgan fingerprint density at radius 1 is 1.33 bits per heavy atom. The van der Waals surface area contributed by atoms with E-state index in [1.165, 1.54) is 30.4 Å². The second-order valence-corrected chi connectivity index (χ2v) is 7.22. The van der Waals surface area contributed by atoms with Crippen molar-refractivity contribution in [2.75, 3.05) is 33.9 Å². The van der Waals surface area contributed by atoms with Crippen molar-refractivity contribution in [1.29, 1.82) is 0 Å². The summed E-state index contributed by atoms with van der Waals surface area (Å²) in [5.41, 5.74) is 3.08. The number of aryl methyl sites for hydroxylation is 1. The number of hydrogen-bond acceptors (Lipinski definition) is 2. The number of ether oxygens (including phenoxy) is 1. The Morgan fingerprint density at radius 3 is 2.71 bits per heavy atom. The molecular weight excluding hydrogens is 298 g/mol. The molecule has 1 aromatic carbocycles. The van der Waals surface area contributed by atoms with E-state index in [1.54, 1.807) is 7.11 Å². The molecule has 4 nitrogen and oxygen atoms in total. The Labute approximate surface area is 147 Å². The number of benzene rings is 1. The molecule has 0 heterocycles. The molecule has 0 spiro atoms. The van der Waals surface area contributed by atoms with Crippen LogP contribution < -0.4 is 10.6 Å². The fourth-order valence-electron chi connectivity index (χ4n) is 3.35. The third-order valence-electron chi connectivity index (χ3n) is 5.29. The minimum atomic E-state index is 0.399. The van der Waals surface area contributed by atoms with Crippen molar-refractivity contribution in [2.45, 2.75) is 45.4 Å². The molecule has 0 aliphatic heterocycles. The van der Waals surface area contributed by atoms with Crippen molar-refractivity contribution >= 4 is 5.96 Å². The van der Waals surface area contributed by atoms with Gasteiger partial charge in [0.25, 0.3) is 0 Å². The van der Waals surface area contributed by atoms with E-state index in [4.69, 9.17) is 4.74 Å². The van der Waals surface area contributed by atoms with Crippen molar-refractivity contribution in [3.05, 3.63) is 35.4 Å². The molecule has 4 heteroatoms. The average molecular weight is 332 g/mol. The maximum absolute atomic E-state index is 5.27. The Hall–Kier alpha value is -1.55. The summed E-state index contributed by atoms with van der Waals surface area (Å²) in [6.45, 7) is 7.10. The molecule has 2 rings (SSSR count). The lowest BCUT2D eigenvalue weighted by molar-refractivity contribution is 0.0732. The molecule has 0 saturated heterocycles. The number of methoxy groups -OCH3 is 1. The molecule has 1 unspecified atom stereocenters. The Balaban J connectivity index is 1.80. The summed E-state index contributed by atoms with van der Waals surface area (Å²) in [5, 5.41) is 6.99. The van der Waals surface area contributed by atoms with Gasteiger partial charge in [-0.25, -0.2) is 0 Å². The number of rotatable bonds is 8. The van der Waals surface area contributed by atoms with E-state index < -0.39 is 0 Å². The van der Waals surface area contributed by atoms with Gasteiger partial charge in [0.2, 0.25) is 0 Å². The number of hydrogen-bond donors (Lipinski definition) is 2. The monoisotopic (exact) mass is 331 g/mol. The summed E-state index contributed by atoms with van der Waals surface area (Å²) in [4.78, 5) is 4.38. The zero-order valence-electron chi connectivity index (χ0n) is 15.7. The molecule has 1 aromatic rings. The molecule has 0 aromatic heterocycles. The van der Waals surface area contributed by atoms with Gasteiger partial charge in [-0.1, -0.05) is 43.2 Å². The maximum atomic E-state index is 5.27. The molecule has 1 aliphatic rings. The topological polar surface area (TPSA) is 45.7 Å².